The highest BCUT2D eigenvalue weighted by atomic mass is 16.2. The highest BCUT2D eigenvalue weighted by Crippen LogP contribution is 2.24. The van der Waals surface area contributed by atoms with E-state index in [1.165, 1.54) is 9.13 Å². The molecule has 134 valence electrons. The molecule has 3 heterocycles. The molecular formula is C19H21N5O2. The van der Waals surface area contributed by atoms with Crippen molar-refractivity contribution in [2.45, 2.75) is 34.2 Å². The summed E-state index contributed by atoms with van der Waals surface area (Å²) in [5.74, 6) is 0.640. The third-order valence-corrected chi connectivity index (χ3v) is 5.10. The molecule has 0 aliphatic carbocycles. The topological polar surface area (TPSA) is 66.2 Å². The average molecular weight is 351 g/mol. The number of hydrogen-bond donors (Lipinski definition) is 0. The number of hydrogen-bond acceptors (Lipinski definition) is 3. The minimum Gasteiger partial charge on any atom is -0.283 e. The molecule has 0 atom stereocenters. The van der Waals surface area contributed by atoms with Crippen molar-refractivity contribution in [2.75, 3.05) is 0 Å². The zero-order valence-corrected chi connectivity index (χ0v) is 15.6. The van der Waals surface area contributed by atoms with Crippen molar-refractivity contribution in [3.63, 3.8) is 0 Å². The Morgan fingerprint density at radius 2 is 1.81 bits per heavy atom. The summed E-state index contributed by atoms with van der Waals surface area (Å²) in [7, 11) is 1.65. The Morgan fingerprint density at radius 1 is 1.08 bits per heavy atom. The maximum Gasteiger partial charge on any atom is 0.332 e. The maximum absolute atomic E-state index is 13.0. The number of aromatic nitrogens is 5. The normalized spacial score (nSPS) is 11.7. The van der Waals surface area contributed by atoms with Gasteiger partial charge in [0.1, 0.15) is 0 Å². The van der Waals surface area contributed by atoms with Crippen LogP contribution >= 0.6 is 0 Å². The summed E-state index contributed by atoms with van der Waals surface area (Å²) in [4.78, 5) is 30.1. The fraction of sp³-hybridized carbons (Fsp3) is 0.316. The van der Waals surface area contributed by atoms with E-state index in [4.69, 9.17) is 0 Å². The van der Waals surface area contributed by atoms with Crippen LogP contribution in [-0.4, -0.2) is 23.1 Å². The van der Waals surface area contributed by atoms with Gasteiger partial charge in [-0.3, -0.25) is 22.9 Å². The Bertz CT molecular complexity index is 1300. The van der Waals surface area contributed by atoms with Gasteiger partial charge in [0, 0.05) is 30.7 Å². The van der Waals surface area contributed by atoms with E-state index in [2.05, 4.69) is 11.1 Å². The molecule has 0 unspecified atom stereocenters. The second-order valence-corrected chi connectivity index (χ2v) is 6.66. The molecule has 0 saturated heterocycles. The molecule has 0 spiro atoms. The van der Waals surface area contributed by atoms with Gasteiger partial charge in [-0.1, -0.05) is 12.1 Å². The van der Waals surface area contributed by atoms with Gasteiger partial charge in [0.15, 0.2) is 11.2 Å². The van der Waals surface area contributed by atoms with Crippen molar-refractivity contribution in [2.24, 2.45) is 7.05 Å². The summed E-state index contributed by atoms with van der Waals surface area (Å²) in [5, 5.41) is 0. The van der Waals surface area contributed by atoms with Crippen molar-refractivity contribution in [1.29, 1.82) is 0 Å². The fourth-order valence-electron chi connectivity index (χ4n) is 3.61. The number of rotatable bonds is 2. The number of aryl methyl sites for hydroxylation is 3. The van der Waals surface area contributed by atoms with E-state index < -0.39 is 0 Å². The molecule has 0 fully saturated rings. The second-order valence-electron chi connectivity index (χ2n) is 6.66. The van der Waals surface area contributed by atoms with Crippen LogP contribution in [0.3, 0.4) is 0 Å². The van der Waals surface area contributed by atoms with Gasteiger partial charge in [0.25, 0.3) is 5.56 Å². The first-order chi connectivity index (χ1) is 12.4. The SMILES string of the molecule is CCn1c(=O)c2c(nc3n(-c4cccc(C)c4)c(C)c(C)n23)n(C)c1=O. The third-order valence-electron chi connectivity index (χ3n) is 5.10. The lowest BCUT2D eigenvalue weighted by molar-refractivity contribution is 0.636. The molecule has 3 aromatic heterocycles. The van der Waals surface area contributed by atoms with Gasteiger partial charge in [-0.05, 0) is 45.4 Å². The van der Waals surface area contributed by atoms with E-state index in [0.717, 1.165) is 22.6 Å². The fourth-order valence-corrected chi connectivity index (χ4v) is 3.61. The van der Waals surface area contributed by atoms with E-state index in [-0.39, 0.29) is 11.2 Å². The lowest BCUT2D eigenvalue weighted by Crippen LogP contribution is -2.38. The summed E-state index contributed by atoms with van der Waals surface area (Å²) in [6.07, 6.45) is 0. The molecule has 7 heteroatoms. The average Bonchev–Trinajstić information content (AvgIpc) is 3.10. The predicted molar refractivity (Wildman–Crippen MR) is 101 cm³/mol. The summed E-state index contributed by atoms with van der Waals surface area (Å²) in [6, 6.07) is 8.13. The zero-order valence-electron chi connectivity index (χ0n) is 15.6. The Hall–Kier alpha value is -3.09. The Morgan fingerprint density at radius 3 is 2.46 bits per heavy atom. The van der Waals surface area contributed by atoms with E-state index in [1.807, 2.05) is 47.9 Å². The zero-order chi connectivity index (χ0) is 18.7. The predicted octanol–water partition coefficient (Wildman–Crippen LogP) is 2.08. The molecular weight excluding hydrogens is 330 g/mol. The number of nitrogens with zero attached hydrogens (tertiary/aromatic N) is 5. The molecule has 0 radical (unpaired) electrons. The monoisotopic (exact) mass is 351 g/mol. The maximum atomic E-state index is 13.0. The first kappa shape index (κ1) is 16.4. The Kier molecular flexibility index (Phi) is 3.44. The minimum absolute atomic E-state index is 0.303. The molecule has 0 amide bonds. The molecule has 0 saturated carbocycles. The second kappa shape index (κ2) is 5.45. The van der Waals surface area contributed by atoms with Crippen LogP contribution in [0.2, 0.25) is 0 Å². The summed E-state index contributed by atoms with van der Waals surface area (Å²) >= 11 is 0. The lowest BCUT2D eigenvalue weighted by atomic mass is 10.2. The highest BCUT2D eigenvalue weighted by Gasteiger charge is 2.22. The van der Waals surface area contributed by atoms with Crippen LogP contribution in [0.25, 0.3) is 22.6 Å². The molecule has 4 aromatic rings. The highest BCUT2D eigenvalue weighted by molar-refractivity contribution is 5.77. The number of fused-ring (bicyclic) bond motifs is 3. The van der Waals surface area contributed by atoms with Gasteiger partial charge < -0.3 is 0 Å². The van der Waals surface area contributed by atoms with Crippen LogP contribution in [0, 0.1) is 20.8 Å². The van der Waals surface area contributed by atoms with Crippen molar-refractivity contribution in [3.8, 4) is 5.69 Å². The van der Waals surface area contributed by atoms with Crippen molar-refractivity contribution in [3.05, 3.63) is 62.1 Å². The van der Waals surface area contributed by atoms with Gasteiger partial charge in [-0.2, -0.15) is 4.98 Å². The molecule has 1 aromatic carbocycles. The van der Waals surface area contributed by atoms with E-state index in [9.17, 15) is 9.59 Å². The summed E-state index contributed by atoms with van der Waals surface area (Å²) < 4.78 is 6.58. The van der Waals surface area contributed by atoms with Gasteiger partial charge in [-0.15, -0.1) is 0 Å². The number of imidazole rings is 2. The Labute approximate surface area is 149 Å². The van der Waals surface area contributed by atoms with Crippen LogP contribution in [0.5, 0.6) is 0 Å². The molecule has 7 nitrogen and oxygen atoms in total. The largest absolute Gasteiger partial charge is 0.332 e. The smallest absolute Gasteiger partial charge is 0.283 e. The van der Waals surface area contributed by atoms with Crippen LogP contribution in [0.4, 0.5) is 0 Å². The molecule has 0 bridgehead atoms. The summed E-state index contributed by atoms with van der Waals surface area (Å²) in [5.41, 5.74) is 4.27. The van der Waals surface area contributed by atoms with Crippen LogP contribution in [0.1, 0.15) is 23.9 Å². The standard InChI is InChI=1S/C19H21N5O2/c1-6-22-17(25)15-16(21(5)19(22)26)20-18-23(12(3)13(4)24(15)18)14-9-7-8-11(2)10-14/h7-10H,6H2,1-5H3. The van der Waals surface area contributed by atoms with Gasteiger partial charge >= 0.3 is 5.69 Å². The van der Waals surface area contributed by atoms with Crippen molar-refractivity contribution in [1.82, 2.24) is 23.1 Å². The minimum atomic E-state index is -0.345. The van der Waals surface area contributed by atoms with Gasteiger partial charge in [-0.25, -0.2) is 4.79 Å². The van der Waals surface area contributed by atoms with Crippen LogP contribution in [0.15, 0.2) is 33.9 Å². The van der Waals surface area contributed by atoms with E-state index >= 15 is 0 Å². The van der Waals surface area contributed by atoms with Crippen molar-refractivity contribution < 1.29 is 0 Å². The first-order valence-corrected chi connectivity index (χ1v) is 8.63. The molecule has 0 N–H and O–H groups in total. The van der Waals surface area contributed by atoms with Gasteiger partial charge in [0.2, 0.25) is 5.78 Å². The lowest BCUT2D eigenvalue weighted by Gasteiger charge is -2.07. The third kappa shape index (κ3) is 1.97. The molecule has 0 aliphatic rings. The molecule has 26 heavy (non-hydrogen) atoms. The van der Waals surface area contributed by atoms with Crippen LogP contribution in [-0.2, 0) is 13.6 Å². The van der Waals surface area contributed by atoms with Crippen molar-refractivity contribution >= 4 is 16.9 Å². The molecule has 4 rings (SSSR count). The first-order valence-electron chi connectivity index (χ1n) is 8.63. The quantitative estimate of drug-likeness (QED) is 0.555. The summed E-state index contributed by atoms with van der Waals surface area (Å²) in [6.45, 7) is 8.14. The van der Waals surface area contributed by atoms with E-state index in [1.54, 1.807) is 14.0 Å². The van der Waals surface area contributed by atoms with Crippen LogP contribution < -0.4 is 11.2 Å². The Balaban J connectivity index is 2.25. The number of benzene rings is 1. The molecule has 0 aliphatic heterocycles. The van der Waals surface area contributed by atoms with Gasteiger partial charge in [0.05, 0.1) is 0 Å². The van der Waals surface area contributed by atoms with E-state index in [0.29, 0.717) is 23.5 Å².